The quantitative estimate of drug-likeness (QED) is 0.434. The van der Waals surface area contributed by atoms with Gasteiger partial charge in [-0.3, -0.25) is 19.3 Å². The molecule has 1 N–H and O–H groups in total. The highest BCUT2D eigenvalue weighted by molar-refractivity contribution is 5.99. The molecule has 7 nitrogen and oxygen atoms in total. The molecule has 0 aliphatic carbocycles. The lowest BCUT2D eigenvalue weighted by Crippen LogP contribution is -2.56. The van der Waals surface area contributed by atoms with Gasteiger partial charge in [-0.2, -0.15) is 0 Å². The fraction of sp³-hybridized carbons (Fsp3) is 0.571. The summed E-state index contributed by atoms with van der Waals surface area (Å²) < 4.78 is 5.20. The Morgan fingerprint density at radius 2 is 1.86 bits per heavy atom. The van der Waals surface area contributed by atoms with E-state index in [0.717, 1.165) is 38.9 Å². The highest BCUT2D eigenvalue weighted by Gasteiger charge is 2.30. The molecule has 7 heteroatoms. The Bertz CT molecular complexity index is 698. The molecule has 0 radical (unpaired) electrons. The SMILES string of the molecule is CCCC(=O)Oc1ccc(C(=O)CN2CCN(C3CCNCC3)CC2=O)cc1. The van der Waals surface area contributed by atoms with E-state index in [1.165, 1.54) is 0 Å². The van der Waals surface area contributed by atoms with Gasteiger partial charge in [0.1, 0.15) is 5.75 Å². The van der Waals surface area contributed by atoms with E-state index in [9.17, 15) is 14.4 Å². The smallest absolute Gasteiger partial charge is 0.311 e. The van der Waals surface area contributed by atoms with Crippen molar-refractivity contribution < 1.29 is 19.1 Å². The first-order valence-electron chi connectivity index (χ1n) is 10.1. The average Bonchev–Trinajstić information content (AvgIpc) is 2.71. The fourth-order valence-corrected chi connectivity index (χ4v) is 3.74. The van der Waals surface area contributed by atoms with E-state index in [1.54, 1.807) is 29.2 Å². The van der Waals surface area contributed by atoms with Gasteiger partial charge in [-0.25, -0.2) is 0 Å². The van der Waals surface area contributed by atoms with Crippen molar-refractivity contribution in [2.75, 3.05) is 39.3 Å². The van der Waals surface area contributed by atoms with E-state index in [1.807, 2.05) is 6.92 Å². The van der Waals surface area contributed by atoms with Gasteiger partial charge in [0.2, 0.25) is 5.91 Å². The number of rotatable bonds is 7. The van der Waals surface area contributed by atoms with Crippen molar-refractivity contribution in [1.29, 1.82) is 0 Å². The molecule has 2 heterocycles. The molecule has 2 aliphatic rings. The summed E-state index contributed by atoms with van der Waals surface area (Å²) >= 11 is 0. The summed E-state index contributed by atoms with van der Waals surface area (Å²) in [5.74, 6) is 0.0683. The number of benzene rings is 1. The van der Waals surface area contributed by atoms with Gasteiger partial charge in [0.15, 0.2) is 5.78 Å². The van der Waals surface area contributed by atoms with Crippen LogP contribution in [0.1, 0.15) is 43.0 Å². The molecule has 0 atom stereocenters. The molecule has 0 bridgehead atoms. The van der Waals surface area contributed by atoms with E-state index in [2.05, 4.69) is 10.2 Å². The molecule has 1 aromatic rings. The molecule has 152 valence electrons. The summed E-state index contributed by atoms with van der Waals surface area (Å²) in [5, 5.41) is 3.34. The van der Waals surface area contributed by atoms with Crippen LogP contribution < -0.4 is 10.1 Å². The lowest BCUT2D eigenvalue weighted by Gasteiger charge is -2.40. The number of hydrogen-bond acceptors (Lipinski definition) is 6. The molecule has 28 heavy (non-hydrogen) atoms. The maximum absolute atomic E-state index is 12.6. The second-order valence-corrected chi connectivity index (χ2v) is 7.44. The number of piperazine rings is 1. The van der Waals surface area contributed by atoms with Crippen molar-refractivity contribution in [3.8, 4) is 5.75 Å². The number of hydrogen-bond donors (Lipinski definition) is 1. The Hall–Kier alpha value is -2.25. The minimum Gasteiger partial charge on any atom is -0.427 e. The van der Waals surface area contributed by atoms with Crippen LogP contribution in [0.15, 0.2) is 24.3 Å². The molecule has 3 rings (SSSR count). The minimum absolute atomic E-state index is 0.0169. The minimum atomic E-state index is -0.279. The third-order valence-corrected chi connectivity index (χ3v) is 5.37. The number of amides is 1. The van der Waals surface area contributed by atoms with Crippen LogP contribution in [0.3, 0.4) is 0 Å². The third-order valence-electron chi connectivity index (χ3n) is 5.37. The number of nitrogens with zero attached hydrogens (tertiary/aromatic N) is 2. The number of piperidine rings is 1. The van der Waals surface area contributed by atoms with Gasteiger partial charge in [0.25, 0.3) is 0 Å². The molecule has 2 fully saturated rings. The zero-order valence-corrected chi connectivity index (χ0v) is 16.5. The Labute approximate surface area is 166 Å². The molecule has 1 amide bonds. The lowest BCUT2D eigenvalue weighted by atomic mass is 10.0. The Morgan fingerprint density at radius 3 is 2.50 bits per heavy atom. The highest BCUT2D eigenvalue weighted by atomic mass is 16.5. The number of ether oxygens (including phenoxy) is 1. The molecule has 0 aromatic heterocycles. The van der Waals surface area contributed by atoms with Gasteiger partial charge in [-0.1, -0.05) is 6.92 Å². The standard InChI is InChI=1S/C21H29N3O4/c1-2-3-21(27)28-18-6-4-16(5-7-18)19(25)14-24-13-12-23(15-20(24)26)17-8-10-22-11-9-17/h4-7,17,22H,2-3,8-15H2,1H3. The van der Waals surface area contributed by atoms with Gasteiger partial charge in [-0.15, -0.1) is 0 Å². The van der Waals surface area contributed by atoms with E-state index in [0.29, 0.717) is 36.9 Å². The Balaban J connectivity index is 1.50. The lowest BCUT2D eigenvalue weighted by molar-refractivity contribution is -0.137. The molecule has 0 unspecified atom stereocenters. The Morgan fingerprint density at radius 1 is 1.14 bits per heavy atom. The predicted octanol–water partition coefficient (Wildman–Crippen LogP) is 1.47. The van der Waals surface area contributed by atoms with Crippen molar-refractivity contribution in [1.82, 2.24) is 15.1 Å². The van der Waals surface area contributed by atoms with Gasteiger partial charge in [-0.05, 0) is 56.6 Å². The number of esters is 1. The summed E-state index contributed by atoms with van der Waals surface area (Å²) in [6, 6.07) is 7.00. The molecular formula is C21H29N3O4. The molecule has 2 aliphatic heterocycles. The summed E-state index contributed by atoms with van der Waals surface area (Å²) in [6.07, 6.45) is 3.24. The maximum Gasteiger partial charge on any atom is 0.311 e. The number of nitrogens with one attached hydrogen (secondary N) is 1. The number of Topliss-reactive ketones (excluding diaryl/α,β-unsaturated/α-hetero) is 1. The van der Waals surface area contributed by atoms with Gasteiger partial charge >= 0.3 is 5.97 Å². The number of carbonyl (C=O) groups excluding carboxylic acids is 3. The second-order valence-electron chi connectivity index (χ2n) is 7.44. The van der Waals surface area contributed by atoms with Crippen molar-refractivity contribution in [2.45, 2.75) is 38.6 Å². The number of carbonyl (C=O) groups is 3. The maximum atomic E-state index is 12.6. The van der Waals surface area contributed by atoms with E-state index < -0.39 is 0 Å². The first kappa shape index (κ1) is 20.5. The summed E-state index contributed by atoms with van der Waals surface area (Å²) in [4.78, 5) is 40.5. The second kappa shape index (κ2) is 9.80. The predicted molar refractivity (Wildman–Crippen MR) is 105 cm³/mol. The van der Waals surface area contributed by atoms with Crippen LogP contribution in [0.25, 0.3) is 0 Å². The topological polar surface area (TPSA) is 79.0 Å². The summed E-state index contributed by atoms with van der Waals surface area (Å²) in [5.41, 5.74) is 0.517. The van der Waals surface area contributed by atoms with Gasteiger partial charge in [0.05, 0.1) is 13.1 Å². The third kappa shape index (κ3) is 5.39. The van der Waals surface area contributed by atoms with Crippen LogP contribution in [0.2, 0.25) is 0 Å². The largest absolute Gasteiger partial charge is 0.427 e. The normalized spacial score (nSPS) is 18.9. The van der Waals surface area contributed by atoms with Crippen molar-refractivity contribution in [3.63, 3.8) is 0 Å². The van der Waals surface area contributed by atoms with Crippen LogP contribution in [0, 0.1) is 0 Å². The van der Waals surface area contributed by atoms with E-state index >= 15 is 0 Å². The van der Waals surface area contributed by atoms with E-state index in [4.69, 9.17) is 4.74 Å². The molecule has 2 saturated heterocycles. The van der Waals surface area contributed by atoms with E-state index in [-0.39, 0.29) is 24.2 Å². The van der Waals surface area contributed by atoms with Crippen LogP contribution in [0.5, 0.6) is 5.75 Å². The Kier molecular flexibility index (Phi) is 7.17. The molecular weight excluding hydrogens is 358 g/mol. The summed E-state index contributed by atoms with van der Waals surface area (Å²) in [6.45, 7) is 5.80. The molecule has 0 saturated carbocycles. The summed E-state index contributed by atoms with van der Waals surface area (Å²) in [7, 11) is 0. The van der Waals surface area contributed by atoms with Crippen molar-refractivity contribution >= 4 is 17.7 Å². The zero-order valence-electron chi connectivity index (χ0n) is 16.5. The molecule has 1 aromatic carbocycles. The molecule has 0 spiro atoms. The first-order chi connectivity index (χ1) is 13.6. The van der Waals surface area contributed by atoms with Crippen molar-refractivity contribution in [2.24, 2.45) is 0 Å². The van der Waals surface area contributed by atoms with Crippen LogP contribution in [-0.4, -0.2) is 72.8 Å². The van der Waals surface area contributed by atoms with Gasteiger partial charge < -0.3 is 15.0 Å². The van der Waals surface area contributed by atoms with Crippen LogP contribution in [-0.2, 0) is 9.59 Å². The highest BCUT2D eigenvalue weighted by Crippen LogP contribution is 2.17. The monoisotopic (exact) mass is 387 g/mol. The number of ketones is 1. The fourth-order valence-electron chi connectivity index (χ4n) is 3.74. The average molecular weight is 387 g/mol. The van der Waals surface area contributed by atoms with Crippen LogP contribution >= 0.6 is 0 Å². The van der Waals surface area contributed by atoms with Gasteiger partial charge in [0, 0.05) is 31.1 Å². The van der Waals surface area contributed by atoms with Crippen LogP contribution in [0.4, 0.5) is 0 Å². The van der Waals surface area contributed by atoms with Crippen molar-refractivity contribution in [3.05, 3.63) is 29.8 Å². The first-order valence-corrected chi connectivity index (χ1v) is 10.1. The zero-order chi connectivity index (χ0) is 19.9.